The number of ketones is 1. The highest BCUT2D eigenvalue weighted by Crippen LogP contribution is 2.64. The van der Waals surface area contributed by atoms with E-state index >= 15 is 0 Å². The summed E-state index contributed by atoms with van der Waals surface area (Å²) >= 11 is 0. The maximum atomic E-state index is 13.7. The van der Waals surface area contributed by atoms with E-state index in [0.717, 1.165) is 12.7 Å². The van der Waals surface area contributed by atoms with Crippen LogP contribution < -0.4 is 15.8 Å². The fourth-order valence-corrected chi connectivity index (χ4v) is 9.62. The first-order valence-corrected chi connectivity index (χ1v) is 18.2. The molecule has 0 aromatic carbocycles. The maximum Gasteiger partial charge on any atom is 0.243 e. The van der Waals surface area contributed by atoms with Crippen LogP contribution >= 0.6 is 0 Å². The Bertz CT molecular complexity index is 1300. The highest BCUT2D eigenvalue weighted by molar-refractivity contribution is 7.90. The summed E-state index contributed by atoms with van der Waals surface area (Å²) in [6, 6.07) is -3.20. The molecule has 3 fully saturated rings. The molecule has 2 amide bonds. The van der Waals surface area contributed by atoms with E-state index in [2.05, 4.69) is 10.0 Å². The zero-order chi connectivity index (χ0) is 31.5. The Morgan fingerprint density at radius 2 is 1.86 bits per heavy atom. The number of hydrogen-bond donors (Lipinski definition) is 4. The second-order valence-corrected chi connectivity index (χ2v) is 16.7. The number of nitrogens with two attached hydrogens (primary N) is 1. The first kappa shape index (κ1) is 34.1. The average molecular weight is 632 g/mol. The Labute approximate surface area is 248 Å². The minimum absolute atomic E-state index is 0.0356. The third-order valence-electron chi connectivity index (χ3n) is 9.51. The number of sulfonamides is 1. The van der Waals surface area contributed by atoms with Gasteiger partial charge in [0.1, 0.15) is 34.0 Å². The van der Waals surface area contributed by atoms with E-state index in [1.807, 2.05) is 13.8 Å². The average Bonchev–Trinajstić information content (AvgIpc) is 3.51. The van der Waals surface area contributed by atoms with Crippen molar-refractivity contribution in [3.05, 3.63) is 0 Å². The zero-order valence-electron chi connectivity index (χ0n) is 24.7. The van der Waals surface area contributed by atoms with Crippen LogP contribution in [0.25, 0.3) is 0 Å². The van der Waals surface area contributed by atoms with Gasteiger partial charge in [-0.25, -0.2) is 21.6 Å². The van der Waals surface area contributed by atoms with Crippen molar-refractivity contribution in [3.63, 3.8) is 0 Å². The molecule has 5 atom stereocenters. The van der Waals surface area contributed by atoms with Crippen LogP contribution in [0.4, 0.5) is 0 Å². The lowest BCUT2D eigenvalue weighted by atomic mass is 9.70. The molecule has 3 rings (SSSR count). The number of Topliss-reactive ketones (excluding diaryl/α,β-unsaturated/α-hetero) is 1. The van der Waals surface area contributed by atoms with Gasteiger partial charge in [-0.1, -0.05) is 20.3 Å². The monoisotopic (exact) mass is 631 g/mol. The van der Waals surface area contributed by atoms with Crippen molar-refractivity contribution in [1.29, 1.82) is 5.41 Å². The first-order chi connectivity index (χ1) is 19.4. The number of carbonyl (C=O) groups is 4. The molecule has 5 N–H and O–H groups in total. The summed E-state index contributed by atoms with van der Waals surface area (Å²) in [5, 5.41) is 9.93. The fraction of sp³-hybridized carbons (Fsp3) is 0.815. The van der Waals surface area contributed by atoms with Crippen LogP contribution in [-0.4, -0.2) is 93.9 Å². The summed E-state index contributed by atoms with van der Waals surface area (Å²) in [6.45, 7) is 3.97. The number of amidine groups is 1. The summed E-state index contributed by atoms with van der Waals surface area (Å²) < 4.78 is 53.3. The van der Waals surface area contributed by atoms with Crippen molar-refractivity contribution in [2.24, 2.45) is 22.5 Å². The summed E-state index contributed by atoms with van der Waals surface area (Å²) in [6.07, 6.45) is 5.37. The van der Waals surface area contributed by atoms with Crippen LogP contribution in [0.2, 0.25) is 0 Å². The van der Waals surface area contributed by atoms with Gasteiger partial charge in [-0.15, -0.1) is 0 Å². The molecular formula is C27H45N5O8S2. The largest absolute Gasteiger partial charge is 0.388 e. The summed E-state index contributed by atoms with van der Waals surface area (Å²) in [7, 11) is -7.77. The Balaban J connectivity index is 1.74. The number of likely N-dealkylation sites (tertiary alicyclic amines) is 1. The number of carbonyl (C=O) groups excluding carboxylic acids is 4. The van der Waals surface area contributed by atoms with Gasteiger partial charge in [0.2, 0.25) is 21.8 Å². The van der Waals surface area contributed by atoms with Gasteiger partial charge in [0.25, 0.3) is 0 Å². The quantitative estimate of drug-likeness (QED) is 0.0795. The number of nitrogens with zero attached hydrogens (tertiary/aromatic N) is 1. The molecule has 1 saturated heterocycles. The van der Waals surface area contributed by atoms with Crippen LogP contribution in [0.3, 0.4) is 0 Å². The van der Waals surface area contributed by atoms with Crippen LogP contribution in [0.5, 0.6) is 0 Å². The second kappa shape index (κ2) is 13.1. The van der Waals surface area contributed by atoms with Crippen LogP contribution in [0.15, 0.2) is 0 Å². The molecule has 1 heterocycles. The molecule has 42 heavy (non-hydrogen) atoms. The lowest BCUT2D eigenvalue weighted by Crippen LogP contribution is -2.56. The molecule has 2 bridgehead atoms. The van der Waals surface area contributed by atoms with E-state index < -0.39 is 72.1 Å². The van der Waals surface area contributed by atoms with Crippen molar-refractivity contribution < 1.29 is 36.0 Å². The molecule has 15 heteroatoms. The van der Waals surface area contributed by atoms with Gasteiger partial charge >= 0.3 is 0 Å². The summed E-state index contributed by atoms with van der Waals surface area (Å²) in [5.41, 5.74) is 3.75. The SMILES string of the molecule is CC1(C)C2CC[C@@]1(CS(=O)(=O)N[C@@H](CCS(C)(=O)=O)C(=O)N1CCCC1C(=O)N[C@H](C=O)CCCCC(=N)N)C(=O)C2. The Morgan fingerprint density at radius 1 is 1.17 bits per heavy atom. The molecule has 13 nitrogen and oxygen atoms in total. The van der Waals surface area contributed by atoms with E-state index in [1.165, 1.54) is 4.90 Å². The predicted octanol–water partition coefficient (Wildman–Crippen LogP) is 0.276. The molecule has 2 aliphatic carbocycles. The van der Waals surface area contributed by atoms with Gasteiger partial charge in [0.05, 0.1) is 23.4 Å². The number of nitrogens with one attached hydrogen (secondary N) is 3. The number of unbranched alkanes of at least 4 members (excludes halogenated alkanes) is 1. The smallest absolute Gasteiger partial charge is 0.243 e. The number of amides is 2. The molecule has 1 aliphatic heterocycles. The van der Waals surface area contributed by atoms with Crippen molar-refractivity contribution >= 4 is 49.6 Å². The number of sulfone groups is 1. The maximum absolute atomic E-state index is 13.7. The highest BCUT2D eigenvalue weighted by atomic mass is 32.2. The van der Waals surface area contributed by atoms with Gasteiger partial charge in [-0.05, 0) is 56.3 Å². The summed E-state index contributed by atoms with van der Waals surface area (Å²) in [4.78, 5) is 52.6. The van der Waals surface area contributed by atoms with E-state index in [0.29, 0.717) is 57.7 Å². The Hall–Kier alpha value is -2.39. The molecule has 238 valence electrons. The molecule has 0 aromatic rings. The fourth-order valence-electron chi connectivity index (χ4n) is 6.89. The summed E-state index contributed by atoms with van der Waals surface area (Å²) in [5.74, 6) is -2.19. The molecule has 3 aliphatic rings. The van der Waals surface area contributed by atoms with Crippen LogP contribution in [0.1, 0.15) is 78.1 Å². The molecular weight excluding hydrogens is 586 g/mol. The van der Waals surface area contributed by atoms with Crippen molar-refractivity contribution in [1.82, 2.24) is 14.9 Å². The van der Waals surface area contributed by atoms with Gasteiger partial charge in [0.15, 0.2) is 0 Å². The minimum atomic E-state index is -4.22. The molecule has 0 radical (unpaired) electrons. The van der Waals surface area contributed by atoms with E-state index in [4.69, 9.17) is 11.1 Å². The van der Waals surface area contributed by atoms with Gasteiger partial charge < -0.3 is 20.7 Å². The lowest BCUT2D eigenvalue weighted by molar-refractivity contribution is -0.140. The van der Waals surface area contributed by atoms with Gasteiger partial charge in [-0.2, -0.15) is 0 Å². The van der Waals surface area contributed by atoms with Gasteiger partial charge in [-0.3, -0.25) is 19.8 Å². The zero-order valence-corrected chi connectivity index (χ0v) is 26.3. The Morgan fingerprint density at radius 3 is 2.40 bits per heavy atom. The Kier molecular flexibility index (Phi) is 10.6. The van der Waals surface area contributed by atoms with Crippen molar-refractivity contribution in [2.45, 2.75) is 96.2 Å². The predicted molar refractivity (Wildman–Crippen MR) is 157 cm³/mol. The van der Waals surface area contributed by atoms with Crippen LogP contribution in [-0.2, 0) is 39.0 Å². The topological polar surface area (TPSA) is 214 Å². The van der Waals surface area contributed by atoms with Crippen molar-refractivity contribution in [2.75, 3.05) is 24.3 Å². The number of hydrogen-bond acceptors (Lipinski definition) is 9. The molecule has 0 aromatic heterocycles. The van der Waals surface area contributed by atoms with Crippen LogP contribution in [0, 0.1) is 22.2 Å². The van der Waals surface area contributed by atoms with E-state index in [-0.39, 0.29) is 30.5 Å². The third-order valence-corrected chi connectivity index (χ3v) is 12.0. The standard InChI is InChI=1S/C27H45N5O8S2/c1-26(2)18-10-12-27(26,22(34)15-18)17-42(39,40)31-20(11-14-41(3,37)38)25(36)32-13-6-8-21(32)24(35)30-19(16-33)7-4-5-9-23(28)29/h16,18-21,31H,4-15,17H2,1-3H3,(H3,28,29)(H,30,35)/t18?,19-,20-,21?,27+/m0/s1. The number of fused-ring (bicyclic) bond motifs is 2. The van der Waals surface area contributed by atoms with Gasteiger partial charge in [0, 0.05) is 31.1 Å². The number of rotatable bonds is 16. The molecule has 0 spiro atoms. The lowest BCUT2D eigenvalue weighted by Gasteiger charge is -2.36. The third kappa shape index (κ3) is 7.76. The number of aldehydes is 1. The van der Waals surface area contributed by atoms with Crippen molar-refractivity contribution in [3.8, 4) is 0 Å². The first-order valence-electron chi connectivity index (χ1n) is 14.5. The highest BCUT2D eigenvalue weighted by Gasteiger charge is 2.65. The molecule has 2 saturated carbocycles. The van der Waals surface area contributed by atoms with E-state index in [1.54, 1.807) is 0 Å². The van der Waals surface area contributed by atoms with E-state index in [9.17, 15) is 36.0 Å². The minimum Gasteiger partial charge on any atom is -0.388 e. The second-order valence-electron chi connectivity index (χ2n) is 12.7. The molecule has 2 unspecified atom stereocenters. The normalized spacial score (nSPS) is 26.6.